The van der Waals surface area contributed by atoms with E-state index >= 15 is 0 Å². The number of rotatable bonds is 0. The van der Waals surface area contributed by atoms with E-state index in [2.05, 4.69) is 51.2 Å². The molecule has 76 valence electrons. The molecule has 1 nitrogen and oxygen atoms in total. The van der Waals surface area contributed by atoms with E-state index in [1.165, 1.54) is 16.7 Å². The van der Waals surface area contributed by atoms with Gasteiger partial charge in [0.1, 0.15) is 0 Å². The van der Waals surface area contributed by atoms with Crippen molar-refractivity contribution in [2.24, 2.45) is 0 Å². The molecule has 14 heavy (non-hydrogen) atoms. The summed E-state index contributed by atoms with van der Waals surface area (Å²) in [6.45, 7) is 9.04. The lowest BCUT2D eigenvalue weighted by Crippen LogP contribution is -2.38. The van der Waals surface area contributed by atoms with Gasteiger partial charge in [0.05, 0.1) is 0 Å². The molecule has 1 aliphatic heterocycles. The van der Waals surface area contributed by atoms with Crippen molar-refractivity contribution < 1.29 is 0 Å². The van der Waals surface area contributed by atoms with Crippen molar-refractivity contribution >= 4 is 0 Å². The van der Waals surface area contributed by atoms with Gasteiger partial charge in [0.15, 0.2) is 0 Å². The van der Waals surface area contributed by atoms with Crippen LogP contribution in [0.2, 0.25) is 0 Å². The molecule has 1 heteroatoms. The van der Waals surface area contributed by atoms with Gasteiger partial charge in [-0.05, 0) is 43.4 Å². The molecule has 1 aliphatic rings. The third-order valence-corrected chi connectivity index (χ3v) is 3.54. The summed E-state index contributed by atoms with van der Waals surface area (Å²) >= 11 is 0. The molecule has 0 aromatic heterocycles. The molecule has 0 radical (unpaired) electrons. The predicted octanol–water partition coefficient (Wildman–Crippen LogP) is 3.15. The van der Waals surface area contributed by atoms with Crippen molar-refractivity contribution in [3.05, 3.63) is 34.9 Å². The Morgan fingerprint density at radius 2 is 1.86 bits per heavy atom. The summed E-state index contributed by atoms with van der Waals surface area (Å²) in [5.41, 5.74) is 4.46. The van der Waals surface area contributed by atoms with Gasteiger partial charge in [-0.3, -0.25) is 0 Å². The Kier molecular flexibility index (Phi) is 2.36. The van der Waals surface area contributed by atoms with Crippen LogP contribution in [0, 0.1) is 6.92 Å². The van der Waals surface area contributed by atoms with Gasteiger partial charge in [-0.1, -0.05) is 25.1 Å². The van der Waals surface area contributed by atoms with Gasteiger partial charge in [0.2, 0.25) is 0 Å². The highest BCUT2D eigenvalue weighted by atomic mass is 15.0. The molecule has 1 N–H and O–H groups in total. The second-order valence-corrected chi connectivity index (χ2v) is 4.54. The monoisotopic (exact) mass is 189 g/mol. The standard InChI is InChI=1S/C13H19N/c1-8-6-5-7-12-9(2)10(3)14-11(4)13(8)12/h5-7,9-11,14H,1-4H3. The Morgan fingerprint density at radius 1 is 1.14 bits per heavy atom. The Bertz CT molecular complexity index is 343. The maximum atomic E-state index is 3.63. The smallest absolute Gasteiger partial charge is 0.0299 e. The van der Waals surface area contributed by atoms with E-state index in [-0.39, 0.29) is 0 Å². The van der Waals surface area contributed by atoms with Crippen LogP contribution in [0.4, 0.5) is 0 Å². The summed E-state index contributed by atoms with van der Waals surface area (Å²) in [4.78, 5) is 0. The molecular weight excluding hydrogens is 170 g/mol. The highest BCUT2D eigenvalue weighted by molar-refractivity contribution is 5.41. The largest absolute Gasteiger partial charge is 0.307 e. The molecule has 0 fully saturated rings. The van der Waals surface area contributed by atoms with Gasteiger partial charge < -0.3 is 5.32 Å². The topological polar surface area (TPSA) is 12.0 Å². The van der Waals surface area contributed by atoms with Crippen LogP contribution < -0.4 is 5.32 Å². The Labute approximate surface area is 86.5 Å². The highest BCUT2D eigenvalue weighted by Gasteiger charge is 2.27. The minimum atomic E-state index is 0.498. The second-order valence-electron chi connectivity index (χ2n) is 4.54. The first-order valence-corrected chi connectivity index (χ1v) is 5.46. The van der Waals surface area contributed by atoms with Crippen LogP contribution in [0.5, 0.6) is 0 Å². The fourth-order valence-corrected chi connectivity index (χ4v) is 2.58. The molecule has 3 atom stereocenters. The van der Waals surface area contributed by atoms with E-state index in [4.69, 9.17) is 0 Å². The molecule has 0 saturated heterocycles. The number of fused-ring (bicyclic) bond motifs is 1. The third kappa shape index (κ3) is 1.36. The number of aryl methyl sites for hydroxylation is 1. The van der Waals surface area contributed by atoms with E-state index in [9.17, 15) is 0 Å². The number of hydrogen-bond acceptors (Lipinski definition) is 1. The van der Waals surface area contributed by atoms with Crippen molar-refractivity contribution in [3.63, 3.8) is 0 Å². The van der Waals surface area contributed by atoms with E-state index in [1.54, 1.807) is 0 Å². The fraction of sp³-hybridized carbons (Fsp3) is 0.538. The van der Waals surface area contributed by atoms with Gasteiger partial charge >= 0.3 is 0 Å². The normalized spacial score (nSPS) is 31.3. The highest BCUT2D eigenvalue weighted by Crippen LogP contribution is 2.34. The predicted molar refractivity (Wildman–Crippen MR) is 60.6 cm³/mol. The third-order valence-electron chi connectivity index (χ3n) is 3.54. The molecule has 0 spiro atoms. The van der Waals surface area contributed by atoms with Gasteiger partial charge in [0, 0.05) is 12.1 Å². The zero-order chi connectivity index (χ0) is 10.3. The summed E-state index contributed by atoms with van der Waals surface area (Å²) in [6, 6.07) is 7.74. The van der Waals surface area contributed by atoms with Crippen molar-refractivity contribution in [1.29, 1.82) is 0 Å². The van der Waals surface area contributed by atoms with Crippen molar-refractivity contribution in [3.8, 4) is 0 Å². The summed E-state index contributed by atoms with van der Waals surface area (Å²) in [7, 11) is 0. The number of nitrogens with one attached hydrogen (secondary N) is 1. The Balaban J connectivity index is 2.55. The molecule has 1 aromatic rings. The van der Waals surface area contributed by atoms with Crippen LogP contribution in [0.3, 0.4) is 0 Å². The van der Waals surface area contributed by atoms with E-state index in [1.807, 2.05) is 0 Å². The summed E-state index contributed by atoms with van der Waals surface area (Å²) in [5.74, 6) is 0.626. The Morgan fingerprint density at radius 3 is 2.57 bits per heavy atom. The van der Waals surface area contributed by atoms with Crippen molar-refractivity contribution in [2.75, 3.05) is 0 Å². The molecule has 0 aliphatic carbocycles. The number of benzene rings is 1. The molecule has 0 bridgehead atoms. The van der Waals surface area contributed by atoms with Crippen LogP contribution in [-0.2, 0) is 0 Å². The van der Waals surface area contributed by atoms with Crippen LogP contribution in [0.25, 0.3) is 0 Å². The lowest BCUT2D eigenvalue weighted by Gasteiger charge is -2.35. The van der Waals surface area contributed by atoms with Crippen LogP contribution in [-0.4, -0.2) is 6.04 Å². The van der Waals surface area contributed by atoms with Gasteiger partial charge in [-0.15, -0.1) is 0 Å². The van der Waals surface area contributed by atoms with Crippen LogP contribution in [0.1, 0.15) is 49.4 Å². The zero-order valence-corrected chi connectivity index (χ0v) is 9.46. The molecule has 0 amide bonds. The molecule has 3 unspecified atom stereocenters. The maximum Gasteiger partial charge on any atom is 0.0299 e. The number of hydrogen-bond donors (Lipinski definition) is 1. The molecular formula is C13H19N. The lowest BCUT2D eigenvalue weighted by atomic mass is 9.82. The molecule has 1 aromatic carbocycles. The average molecular weight is 189 g/mol. The summed E-state index contributed by atoms with van der Waals surface area (Å²) in [6.07, 6.45) is 0. The average Bonchev–Trinajstić information content (AvgIpc) is 2.14. The SMILES string of the molecule is Cc1cccc2c1C(C)NC(C)C2C. The summed E-state index contributed by atoms with van der Waals surface area (Å²) in [5, 5.41) is 3.63. The maximum absolute atomic E-state index is 3.63. The minimum Gasteiger partial charge on any atom is -0.307 e. The minimum absolute atomic E-state index is 0.498. The van der Waals surface area contributed by atoms with Crippen molar-refractivity contribution in [1.82, 2.24) is 5.32 Å². The zero-order valence-electron chi connectivity index (χ0n) is 9.46. The first-order chi connectivity index (χ1) is 6.61. The van der Waals surface area contributed by atoms with Crippen molar-refractivity contribution in [2.45, 2.75) is 45.7 Å². The second kappa shape index (κ2) is 3.39. The summed E-state index contributed by atoms with van der Waals surface area (Å²) < 4.78 is 0. The fourth-order valence-electron chi connectivity index (χ4n) is 2.58. The van der Waals surface area contributed by atoms with E-state index in [0.717, 1.165) is 0 Å². The quantitative estimate of drug-likeness (QED) is 0.661. The Hall–Kier alpha value is -0.820. The first-order valence-electron chi connectivity index (χ1n) is 5.46. The first kappa shape index (κ1) is 9.72. The molecule has 1 heterocycles. The van der Waals surface area contributed by atoms with Gasteiger partial charge in [0.25, 0.3) is 0 Å². The van der Waals surface area contributed by atoms with Gasteiger partial charge in [-0.25, -0.2) is 0 Å². The van der Waals surface area contributed by atoms with Crippen LogP contribution in [0.15, 0.2) is 18.2 Å². The molecule has 2 rings (SSSR count). The van der Waals surface area contributed by atoms with Crippen LogP contribution >= 0.6 is 0 Å². The van der Waals surface area contributed by atoms with E-state index in [0.29, 0.717) is 18.0 Å². The lowest BCUT2D eigenvalue weighted by molar-refractivity contribution is 0.396. The van der Waals surface area contributed by atoms with Gasteiger partial charge in [-0.2, -0.15) is 0 Å². The molecule has 0 saturated carbocycles. The van der Waals surface area contributed by atoms with E-state index < -0.39 is 0 Å².